The largest absolute Gasteiger partial charge is 0.466 e. The van der Waals surface area contributed by atoms with Crippen LogP contribution in [-0.2, 0) is 32.9 Å². The van der Waals surface area contributed by atoms with Gasteiger partial charge in [0.1, 0.15) is 24.1 Å². The Morgan fingerprint density at radius 2 is 1.76 bits per heavy atom. The number of nitrogens with one attached hydrogen (secondary N) is 2. The second kappa shape index (κ2) is 16.8. The number of carbonyl (C=O) groups is 2. The molecule has 45 heavy (non-hydrogen) atoms. The average molecular weight is 658 g/mol. The van der Waals surface area contributed by atoms with Gasteiger partial charge in [0, 0.05) is 6.42 Å². The Hall–Kier alpha value is -3.36. The van der Waals surface area contributed by atoms with E-state index in [0.717, 1.165) is 4.57 Å². The van der Waals surface area contributed by atoms with E-state index in [4.69, 9.17) is 23.3 Å². The molecule has 0 amide bonds. The number of aliphatic hydroxyl groups is 1. The van der Waals surface area contributed by atoms with E-state index < -0.39 is 74.3 Å². The molecule has 0 bridgehead atoms. The maximum atomic E-state index is 14.1. The van der Waals surface area contributed by atoms with Crippen molar-refractivity contribution in [2.24, 2.45) is 11.8 Å². The third-order valence-electron chi connectivity index (χ3n) is 6.68. The highest BCUT2D eigenvalue weighted by molar-refractivity contribution is 7.52. The Balaban J connectivity index is 1.79. The average Bonchev–Trinajstić information content (AvgIpc) is 3.33. The van der Waals surface area contributed by atoms with E-state index in [1.807, 2.05) is 32.7 Å². The summed E-state index contributed by atoms with van der Waals surface area (Å²) in [6.07, 6.45) is -2.57. The molecule has 2 heterocycles. The van der Waals surface area contributed by atoms with Crippen molar-refractivity contribution in [3.05, 3.63) is 63.2 Å². The molecular weight excluding hydrogens is 616 g/mol. The van der Waals surface area contributed by atoms with Gasteiger partial charge in [-0.25, -0.2) is 9.36 Å². The van der Waals surface area contributed by atoms with Crippen LogP contribution in [0, 0.1) is 17.7 Å². The van der Waals surface area contributed by atoms with E-state index in [1.165, 1.54) is 12.1 Å². The van der Waals surface area contributed by atoms with Crippen LogP contribution in [0.25, 0.3) is 0 Å². The van der Waals surface area contributed by atoms with E-state index in [0.29, 0.717) is 19.0 Å². The second-order valence-electron chi connectivity index (χ2n) is 11.4. The van der Waals surface area contributed by atoms with Crippen LogP contribution < -0.4 is 20.9 Å². The van der Waals surface area contributed by atoms with Gasteiger partial charge in [-0.2, -0.15) is 9.48 Å². The summed E-state index contributed by atoms with van der Waals surface area (Å²) in [5.41, 5.74) is -2.17. The first kappa shape index (κ1) is 36.1. The molecule has 16 heteroatoms. The van der Waals surface area contributed by atoms with Crippen molar-refractivity contribution >= 4 is 19.7 Å². The van der Waals surface area contributed by atoms with Crippen molar-refractivity contribution in [3.63, 3.8) is 0 Å². The number of hydrogen-bond acceptors (Lipinski definition) is 11. The molecule has 1 aliphatic rings. The molecule has 0 saturated carbocycles. The number of nitrogens with zero attached hydrogens (tertiary/aromatic N) is 1. The van der Waals surface area contributed by atoms with Crippen molar-refractivity contribution in [1.29, 1.82) is 0 Å². The molecule has 1 fully saturated rings. The maximum Gasteiger partial charge on any atom is 0.459 e. The molecule has 0 spiro atoms. The van der Waals surface area contributed by atoms with Gasteiger partial charge in [-0.15, -0.1) is 0 Å². The molecule has 1 aromatic carbocycles. The van der Waals surface area contributed by atoms with E-state index in [1.54, 1.807) is 18.2 Å². The number of H-pyrrole nitrogens is 1. The van der Waals surface area contributed by atoms with Crippen molar-refractivity contribution in [2.45, 2.75) is 77.9 Å². The second-order valence-corrected chi connectivity index (χ2v) is 13.1. The summed E-state index contributed by atoms with van der Waals surface area (Å²) >= 11 is 0. The fourth-order valence-corrected chi connectivity index (χ4v) is 5.60. The van der Waals surface area contributed by atoms with Gasteiger partial charge >= 0.3 is 25.4 Å². The predicted octanol–water partition coefficient (Wildman–Crippen LogP) is 3.05. The first-order valence-corrected chi connectivity index (χ1v) is 16.2. The zero-order valence-corrected chi connectivity index (χ0v) is 26.6. The molecule has 3 N–H and O–H groups in total. The molecule has 1 aromatic heterocycles. The van der Waals surface area contributed by atoms with E-state index in [2.05, 4.69) is 5.09 Å². The van der Waals surface area contributed by atoms with E-state index in [-0.39, 0.29) is 37.2 Å². The number of aliphatic hydroxyl groups excluding tert-OH is 1. The van der Waals surface area contributed by atoms with Crippen LogP contribution in [0.2, 0.25) is 0 Å². The van der Waals surface area contributed by atoms with E-state index >= 15 is 0 Å². The lowest BCUT2D eigenvalue weighted by atomic mass is 10.1. The summed E-state index contributed by atoms with van der Waals surface area (Å²) in [5, 5.41) is 13.1. The van der Waals surface area contributed by atoms with Crippen molar-refractivity contribution in [1.82, 2.24) is 14.6 Å². The molecule has 2 aromatic rings. The summed E-state index contributed by atoms with van der Waals surface area (Å²) < 4.78 is 56.3. The number of para-hydroxylation sites is 1. The number of benzene rings is 1. The first-order valence-electron chi connectivity index (χ1n) is 14.7. The van der Waals surface area contributed by atoms with Gasteiger partial charge in [0.05, 0.1) is 38.5 Å². The van der Waals surface area contributed by atoms with Gasteiger partial charge in [-0.3, -0.25) is 28.5 Å². The number of halogens is 1. The van der Waals surface area contributed by atoms with Crippen LogP contribution in [0.1, 0.15) is 59.6 Å². The maximum absolute atomic E-state index is 14.1. The zero-order chi connectivity index (χ0) is 33.1. The molecular formula is C29H41FN3O11P. The third kappa shape index (κ3) is 11.5. The number of aromatic amines is 1. The van der Waals surface area contributed by atoms with Gasteiger partial charge in [0.2, 0.25) is 5.82 Å². The number of rotatable bonds is 17. The lowest BCUT2D eigenvalue weighted by Crippen LogP contribution is -2.40. The SMILES string of the molecule is CC(C)CCOC(=O)C[C@H](NP(=O)(OC[C@H]1O[C@@H](n2cc(F)c(=O)[nH]c2=O)C[C@@H]1O)Oc1ccccc1)C(=O)OCCC(C)C. The highest BCUT2D eigenvalue weighted by Gasteiger charge is 2.41. The fourth-order valence-electron chi connectivity index (χ4n) is 4.09. The van der Waals surface area contributed by atoms with Crippen LogP contribution in [0.5, 0.6) is 5.75 Å². The zero-order valence-electron chi connectivity index (χ0n) is 25.7. The summed E-state index contributed by atoms with van der Waals surface area (Å²) in [6.45, 7) is 7.41. The number of carbonyl (C=O) groups excluding carboxylic acids is 2. The quantitative estimate of drug-likeness (QED) is 0.167. The van der Waals surface area contributed by atoms with Gasteiger partial charge in [-0.05, 0) is 36.8 Å². The molecule has 5 atom stereocenters. The van der Waals surface area contributed by atoms with Gasteiger partial charge in [0.25, 0.3) is 5.56 Å². The Bertz CT molecular complexity index is 1430. The van der Waals surface area contributed by atoms with Gasteiger partial charge in [0.15, 0.2) is 0 Å². The van der Waals surface area contributed by atoms with Crippen LogP contribution >= 0.6 is 7.75 Å². The minimum atomic E-state index is -4.52. The molecule has 0 aliphatic carbocycles. The van der Waals surface area contributed by atoms with Crippen molar-refractivity contribution in [2.75, 3.05) is 19.8 Å². The van der Waals surface area contributed by atoms with Crippen LogP contribution in [0.15, 0.2) is 46.1 Å². The number of hydrogen-bond donors (Lipinski definition) is 3. The molecule has 1 saturated heterocycles. The van der Waals surface area contributed by atoms with Crippen LogP contribution in [-0.4, -0.2) is 64.7 Å². The van der Waals surface area contributed by atoms with Gasteiger partial charge in [-0.1, -0.05) is 45.9 Å². The Kier molecular flexibility index (Phi) is 13.5. The monoisotopic (exact) mass is 657 g/mol. The molecule has 1 aliphatic heterocycles. The Morgan fingerprint density at radius 3 is 2.40 bits per heavy atom. The number of aromatic nitrogens is 2. The van der Waals surface area contributed by atoms with E-state index in [9.17, 15) is 33.2 Å². The first-order chi connectivity index (χ1) is 21.3. The smallest absolute Gasteiger partial charge is 0.459 e. The summed E-state index contributed by atoms with van der Waals surface area (Å²) in [5.74, 6) is -2.25. The summed E-state index contributed by atoms with van der Waals surface area (Å²) in [4.78, 5) is 51.1. The number of ether oxygens (including phenoxy) is 3. The van der Waals surface area contributed by atoms with Crippen molar-refractivity contribution in [3.8, 4) is 5.75 Å². The highest BCUT2D eigenvalue weighted by atomic mass is 31.2. The fraction of sp³-hybridized carbons (Fsp3) is 0.586. The molecule has 14 nitrogen and oxygen atoms in total. The molecule has 0 radical (unpaired) electrons. The Labute approximate surface area is 259 Å². The minimum Gasteiger partial charge on any atom is -0.466 e. The topological polar surface area (TPSA) is 184 Å². The summed E-state index contributed by atoms with van der Waals surface area (Å²) in [6, 6.07) is 6.39. The molecule has 3 rings (SSSR count). The van der Waals surface area contributed by atoms with Crippen molar-refractivity contribution < 1.29 is 46.9 Å². The lowest BCUT2D eigenvalue weighted by molar-refractivity contribution is -0.152. The Morgan fingerprint density at radius 1 is 1.11 bits per heavy atom. The minimum absolute atomic E-state index is 0.0516. The summed E-state index contributed by atoms with van der Waals surface area (Å²) in [7, 11) is -4.52. The lowest BCUT2D eigenvalue weighted by Gasteiger charge is -2.26. The number of esters is 2. The predicted molar refractivity (Wildman–Crippen MR) is 159 cm³/mol. The van der Waals surface area contributed by atoms with Crippen LogP contribution in [0.3, 0.4) is 0 Å². The molecule has 1 unspecified atom stereocenters. The standard InChI is InChI=1S/C29H41FN3O11P/c1-18(2)10-12-40-26(35)14-22(28(37)41-13-11-19(3)4)32-45(39,44-20-8-6-5-7-9-20)42-17-24-23(34)15-25(43-24)33-16-21(30)27(36)31-29(33)38/h5-9,16,18-19,22-25,34H,10-15,17H2,1-4H3,(H,32,39)(H,31,36,38)/t22-,23-,24+,25+,45?/m0/s1. The highest BCUT2D eigenvalue weighted by Crippen LogP contribution is 2.46. The normalized spacial score (nSPS) is 20.1. The van der Waals surface area contributed by atoms with Gasteiger partial charge < -0.3 is 23.8 Å². The molecule has 250 valence electrons. The third-order valence-corrected chi connectivity index (χ3v) is 8.25. The van der Waals surface area contributed by atoms with Crippen LogP contribution in [0.4, 0.5) is 4.39 Å².